The molecule has 2 atom stereocenters. The molecule has 0 bridgehead atoms. The Morgan fingerprint density at radius 1 is 1.39 bits per heavy atom. The summed E-state index contributed by atoms with van der Waals surface area (Å²) in [5, 5.41) is 12.4. The average Bonchev–Trinajstić information content (AvgIpc) is 2.96. The van der Waals surface area contributed by atoms with E-state index in [1.807, 2.05) is 7.05 Å². The lowest BCUT2D eigenvalue weighted by Gasteiger charge is -2.15. The molecule has 2 fully saturated rings. The van der Waals surface area contributed by atoms with Crippen molar-refractivity contribution < 1.29 is 9.26 Å². The van der Waals surface area contributed by atoms with Gasteiger partial charge in [-0.2, -0.15) is 10.1 Å². The van der Waals surface area contributed by atoms with Crippen LogP contribution in [0, 0.1) is 5.92 Å². The third-order valence-electron chi connectivity index (χ3n) is 4.57. The Kier molecular flexibility index (Phi) is 4.09. The Morgan fingerprint density at radius 3 is 3.00 bits per heavy atom. The van der Waals surface area contributed by atoms with E-state index in [9.17, 15) is 0 Å². The van der Waals surface area contributed by atoms with Gasteiger partial charge in [0, 0.05) is 38.6 Å². The summed E-state index contributed by atoms with van der Waals surface area (Å²) in [6.45, 7) is 2.22. The Hall–Kier alpha value is -1.44. The summed E-state index contributed by atoms with van der Waals surface area (Å²) in [5.41, 5.74) is 0.982. The Morgan fingerprint density at radius 2 is 2.26 bits per heavy atom. The topological polar surface area (TPSA) is 78.0 Å². The smallest absolute Gasteiger partial charge is 0.256 e. The zero-order chi connectivity index (χ0) is 15.8. The summed E-state index contributed by atoms with van der Waals surface area (Å²) in [6, 6.07) is 0. The molecule has 1 saturated carbocycles. The summed E-state index contributed by atoms with van der Waals surface area (Å²) in [7, 11) is 1.89. The number of aryl methyl sites for hydroxylation is 1. The minimum atomic E-state index is -0.107. The number of ether oxygens (including phenoxy) is 1. The normalized spacial score (nSPS) is 24.4. The zero-order valence-corrected chi connectivity index (χ0v) is 13.8. The number of nitrogens with one attached hydrogen (secondary N) is 1. The van der Waals surface area contributed by atoms with Gasteiger partial charge in [0.2, 0.25) is 0 Å². The molecule has 0 amide bonds. The van der Waals surface area contributed by atoms with Crippen LogP contribution in [-0.2, 0) is 18.3 Å². The van der Waals surface area contributed by atoms with Crippen molar-refractivity contribution in [2.45, 2.75) is 37.8 Å². The maximum absolute atomic E-state index is 6.12. The third kappa shape index (κ3) is 3.13. The molecule has 3 heterocycles. The minimum absolute atomic E-state index is 0.107. The number of hydrogen-bond donors (Lipinski definition) is 1. The van der Waals surface area contributed by atoms with Crippen LogP contribution in [0.4, 0.5) is 0 Å². The third-order valence-corrected chi connectivity index (χ3v) is 4.88. The van der Waals surface area contributed by atoms with Crippen LogP contribution in [0.5, 0.6) is 0 Å². The van der Waals surface area contributed by atoms with Gasteiger partial charge in [-0.05, 0) is 19.3 Å². The predicted molar refractivity (Wildman–Crippen MR) is 83.0 cm³/mol. The van der Waals surface area contributed by atoms with Crippen LogP contribution in [0.25, 0.3) is 0 Å². The predicted octanol–water partition coefficient (Wildman–Crippen LogP) is 2.20. The summed E-state index contributed by atoms with van der Waals surface area (Å²) in [6.07, 6.45) is 4.88. The summed E-state index contributed by atoms with van der Waals surface area (Å²) in [5.74, 6) is 2.28. The standard InChI is InChI=1S/C15H20ClN5O2/c1-21-12(11(16)7-18-21)8-17-6-10-4-5-22-13(10)15-19-14(20-23-15)9-2-3-9/h7,9-10,13,17H,2-6,8H2,1H3/t10-,13-/m0/s1. The van der Waals surface area contributed by atoms with Crippen molar-refractivity contribution in [3.8, 4) is 0 Å². The number of hydrogen-bond acceptors (Lipinski definition) is 6. The van der Waals surface area contributed by atoms with E-state index in [2.05, 4.69) is 20.6 Å². The number of aromatic nitrogens is 4. The average molecular weight is 338 g/mol. The highest BCUT2D eigenvalue weighted by atomic mass is 35.5. The van der Waals surface area contributed by atoms with Crippen LogP contribution < -0.4 is 5.32 Å². The fraction of sp³-hybridized carbons (Fsp3) is 0.667. The molecule has 2 aromatic rings. The highest BCUT2D eigenvalue weighted by molar-refractivity contribution is 6.31. The van der Waals surface area contributed by atoms with Crippen LogP contribution in [0.3, 0.4) is 0 Å². The molecule has 1 aliphatic heterocycles. The van der Waals surface area contributed by atoms with Crippen LogP contribution in [0.2, 0.25) is 5.02 Å². The molecule has 7 nitrogen and oxygen atoms in total. The maximum atomic E-state index is 6.12. The molecule has 1 saturated heterocycles. The van der Waals surface area contributed by atoms with Gasteiger partial charge in [0.25, 0.3) is 5.89 Å². The largest absolute Gasteiger partial charge is 0.368 e. The summed E-state index contributed by atoms with van der Waals surface area (Å²) >= 11 is 6.12. The van der Waals surface area contributed by atoms with Crippen molar-refractivity contribution in [2.75, 3.05) is 13.2 Å². The van der Waals surface area contributed by atoms with Crippen molar-refractivity contribution in [1.82, 2.24) is 25.2 Å². The Bertz CT molecular complexity index is 662. The first-order valence-corrected chi connectivity index (χ1v) is 8.42. The first kappa shape index (κ1) is 15.1. The molecule has 1 N–H and O–H groups in total. The molecule has 0 radical (unpaired) electrons. The van der Waals surface area contributed by atoms with E-state index in [0.717, 1.165) is 31.1 Å². The van der Waals surface area contributed by atoms with Crippen molar-refractivity contribution in [3.63, 3.8) is 0 Å². The van der Waals surface area contributed by atoms with Crippen LogP contribution in [0.1, 0.15) is 48.7 Å². The molecule has 8 heteroatoms. The van der Waals surface area contributed by atoms with E-state index in [4.69, 9.17) is 20.9 Å². The van der Waals surface area contributed by atoms with Gasteiger partial charge < -0.3 is 14.6 Å². The number of halogens is 1. The lowest BCUT2D eigenvalue weighted by molar-refractivity contribution is 0.0623. The van der Waals surface area contributed by atoms with Crippen LogP contribution in [-0.4, -0.2) is 33.1 Å². The van der Waals surface area contributed by atoms with Gasteiger partial charge in [-0.25, -0.2) is 0 Å². The molecular formula is C15H20ClN5O2. The Labute approximate surface area is 139 Å². The second kappa shape index (κ2) is 6.22. The first-order chi connectivity index (χ1) is 11.2. The number of rotatable bonds is 6. The van der Waals surface area contributed by atoms with Crippen molar-refractivity contribution in [3.05, 3.63) is 28.6 Å². The van der Waals surface area contributed by atoms with Crippen LogP contribution in [0.15, 0.2) is 10.7 Å². The summed E-state index contributed by atoms with van der Waals surface area (Å²) in [4.78, 5) is 4.52. The second-order valence-corrected chi connectivity index (χ2v) is 6.71. The van der Waals surface area contributed by atoms with Gasteiger partial charge in [0.1, 0.15) is 6.10 Å². The first-order valence-electron chi connectivity index (χ1n) is 8.04. The maximum Gasteiger partial charge on any atom is 0.256 e. The van der Waals surface area contributed by atoms with Crippen molar-refractivity contribution in [2.24, 2.45) is 13.0 Å². The monoisotopic (exact) mass is 337 g/mol. The molecular weight excluding hydrogens is 318 g/mol. The van der Waals surface area contributed by atoms with Gasteiger partial charge in [-0.1, -0.05) is 16.8 Å². The highest BCUT2D eigenvalue weighted by Crippen LogP contribution is 2.40. The molecule has 2 aliphatic rings. The molecule has 4 rings (SSSR count). The van der Waals surface area contributed by atoms with Gasteiger partial charge in [-0.3, -0.25) is 4.68 Å². The van der Waals surface area contributed by atoms with E-state index >= 15 is 0 Å². The minimum Gasteiger partial charge on any atom is -0.368 e. The molecule has 0 aromatic carbocycles. The Balaban J connectivity index is 1.36. The van der Waals surface area contributed by atoms with E-state index in [0.29, 0.717) is 29.3 Å². The second-order valence-electron chi connectivity index (χ2n) is 6.30. The zero-order valence-electron chi connectivity index (χ0n) is 13.0. The van der Waals surface area contributed by atoms with Gasteiger partial charge in [0.15, 0.2) is 5.82 Å². The molecule has 1 aliphatic carbocycles. The SMILES string of the molecule is Cn1ncc(Cl)c1CNC[C@@H]1CCO[C@@H]1c1nc(C2CC2)no1. The van der Waals surface area contributed by atoms with Gasteiger partial charge in [-0.15, -0.1) is 0 Å². The highest BCUT2D eigenvalue weighted by Gasteiger charge is 2.36. The summed E-state index contributed by atoms with van der Waals surface area (Å²) < 4.78 is 13.0. The van der Waals surface area contributed by atoms with Crippen molar-refractivity contribution in [1.29, 1.82) is 0 Å². The van der Waals surface area contributed by atoms with Gasteiger partial charge >= 0.3 is 0 Å². The van der Waals surface area contributed by atoms with E-state index in [1.165, 1.54) is 12.8 Å². The van der Waals surface area contributed by atoms with Gasteiger partial charge in [0.05, 0.1) is 16.9 Å². The lowest BCUT2D eigenvalue weighted by atomic mass is 10.0. The van der Waals surface area contributed by atoms with Crippen LogP contribution >= 0.6 is 11.6 Å². The van der Waals surface area contributed by atoms with E-state index in [-0.39, 0.29) is 6.10 Å². The molecule has 2 aromatic heterocycles. The lowest BCUT2D eigenvalue weighted by Crippen LogP contribution is -2.25. The quantitative estimate of drug-likeness (QED) is 0.870. The molecule has 23 heavy (non-hydrogen) atoms. The molecule has 0 spiro atoms. The molecule has 124 valence electrons. The fourth-order valence-electron chi connectivity index (χ4n) is 3.00. The van der Waals surface area contributed by atoms with E-state index in [1.54, 1.807) is 10.9 Å². The molecule has 0 unspecified atom stereocenters. The number of nitrogens with zero attached hydrogens (tertiary/aromatic N) is 4. The fourth-order valence-corrected chi connectivity index (χ4v) is 3.23. The van der Waals surface area contributed by atoms with E-state index < -0.39 is 0 Å². The van der Waals surface area contributed by atoms with Crippen molar-refractivity contribution >= 4 is 11.6 Å².